The van der Waals surface area contributed by atoms with Crippen molar-refractivity contribution in [1.29, 1.82) is 0 Å². The topological polar surface area (TPSA) is 48.5 Å². The number of aromatic nitrogens is 5. The Bertz CT molecular complexity index is 1380. The first-order valence-electron chi connectivity index (χ1n) is 10.2. The van der Waals surface area contributed by atoms with Crippen LogP contribution in [0.4, 0.5) is 17.6 Å². The van der Waals surface area contributed by atoms with Crippen LogP contribution in [0.25, 0.3) is 22.6 Å². The number of hydrogen-bond acceptors (Lipinski definition) is 3. The van der Waals surface area contributed by atoms with Crippen molar-refractivity contribution in [3.05, 3.63) is 114 Å². The molecule has 0 unspecified atom stereocenters. The van der Waals surface area contributed by atoms with Gasteiger partial charge in [-0.2, -0.15) is 10.2 Å². The normalized spacial score (nSPS) is 10.2. The average molecular weight is 691 g/mol. The second kappa shape index (κ2) is 12.6. The SMILES string of the molecule is Cc1ccn(-c2[c-]c(-n3ccc(C)n3)c(F)cc2F)n1.Fc1c[c-]c(-c2ccccn2)c(F)c1.[Cl][Ir+2]. The van der Waals surface area contributed by atoms with Gasteiger partial charge >= 0.3 is 27.5 Å². The van der Waals surface area contributed by atoms with Crippen molar-refractivity contribution < 1.29 is 35.5 Å². The zero-order valence-electron chi connectivity index (χ0n) is 18.8. The first-order chi connectivity index (χ1) is 17.3. The molecule has 5 nitrogen and oxygen atoms in total. The van der Waals surface area contributed by atoms with Gasteiger partial charge in [-0.25, -0.2) is 0 Å². The van der Waals surface area contributed by atoms with Crippen LogP contribution < -0.4 is 0 Å². The van der Waals surface area contributed by atoms with Gasteiger partial charge in [0.2, 0.25) is 0 Å². The Hall–Kier alpha value is -3.33. The van der Waals surface area contributed by atoms with Crippen LogP contribution in [0, 0.1) is 49.2 Å². The Morgan fingerprint density at radius 1 is 0.806 bits per heavy atom. The summed E-state index contributed by atoms with van der Waals surface area (Å²) in [4.78, 5) is 3.95. The van der Waals surface area contributed by atoms with E-state index in [2.05, 4.69) is 36.9 Å². The van der Waals surface area contributed by atoms with E-state index in [1.165, 1.54) is 27.3 Å². The summed E-state index contributed by atoms with van der Waals surface area (Å²) in [6, 6.07) is 16.5. The molecule has 3 heterocycles. The number of halogens is 5. The van der Waals surface area contributed by atoms with Crippen LogP contribution in [-0.2, 0) is 17.9 Å². The van der Waals surface area contributed by atoms with E-state index >= 15 is 0 Å². The standard InChI is InChI=1S/C14H11F2N4.C11H6F2N.ClH.Ir/c1-9-3-5-19(17-9)13-8-14(12(16)7-11(13)15)20-6-4-10(2)18-20;12-8-4-5-9(10(13)7-8)11-3-1-2-6-14-11;;/h3-7H,1-2H3;1-4,6-7H;1H;/q2*-1;;+3/p-1. The van der Waals surface area contributed by atoms with E-state index in [1.54, 1.807) is 62.8 Å². The summed E-state index contributed by atoms with van der Waals surface area (Å²) in [5, 5.41) is 8.21. The zero-order chi connectivity index (χ0) is 26.2. The van der Waals surface area contributed by atoms with Gasteiger partial charge in [0.25, 0.3) is 0 Å². The molecule has 0 saturated heterocycles. The van der Waals surface area contributed by atoms with Gasteiger partial charge in [-0.1, -0.05) is 29.8 Å². The molecule has 0 amide bonds. The molecule has 0 atom stereocenters. The van der Waals surface area contributed by atoms with Crippen LogP contribution in [0.5, 0.6) is 0 Å². The molecule has 0 fully saturated rings. The van der Waals surface area contributed by atoms with Crippen LogP contribution >= 0.6 is 9.58 Å². The third kappa shape index (κ3) is 6.66. The van der Waals surface area contributed by atoms with Crippen LogP contribution in [0.2, 0.25) is 0 Å². The minimum atomic E-state index is -0.724. The monoisotopic (exact) mass is 691 g/mol. The van der Waals surface area contributed by atoms with Gasteiger partial charge in [0.05, 0.1) is 11.4 Å². The van der Waals surface area contributed by atoms with Crippen LogP contribution in [0.15, 0.2) is 67.1 Å². The summed E-state index contributed by atoms with van der Waals surface area (Å²) in [5.74, 6) is -2.73. The number of rotatable bonds is 3. The molecule has 0 N–H and O–H groups in total. The summed E-state index contributed by atoms with van der Waals surface area (Å²) in [6.45, 7) is 3.57. The van der Waals surface area contributed by atoms with Crippen molar-refractivity contribution in [3.8, 4) is 22.6 Å². The minimum absolute atomic E-state index is 0.0580. The quantitative estimate of drug-likeness (QED) is 0.166. The van der Waals surface area contributed by atoms with Crippen molar-refractivity contribution in [2.24, 2.45) is 0 Å². The molecule has 36 heavy (non-hydrogen) atoms. The number of aryl methyl sites for hydroxylation is 2. The van der Waals surface area contributed by atoms with E-state index in [9.17, 15) is 17.6 Å². The van der Waals surface area contributed by atoms with Crippen molar-refractivity contribution in [3.63, 3.8) is 0 Å². The van der Waals surface area contributed by atoms with Crippen molar-refractivity contribution in [2.75, 3.05) is 0 Å². The molecule has 0 spiro atoms. The van der Waals surface area contributed by atoms with Crippen molar-refractivity contribution in [2.45, 2.75) is 13.8 Å². The first-order valence-corrected chi connectivity index (χ1v) is 13.2. The Labute approximate surface area is 219 Å². The van der Waals surface area contributed by atoms with Crippen LogP contribution in [0.3, 0.4) is 0 Å². The Morgan fingerprint density at radius 3 is 1.83 bits per heavy atom. The maximum atomic E-state index is 13.9. The molecule has 186 valence electrons. The second-order valence-corrected chi connectivity index (χ2v) is 7.22. The third-order valence-electron chi connectivity index (χ3n) is 4.62. The Kier molecular flexibility index (Phi) is 9.52. The van der Waals surface area contributed by atoms with E-state index in [-0.39, 0.29) is 16.9 Å². The number of benzene rings is 2. The molecule has 3 aromatic heterocycles. The van der Waals surface area contributed by atoms with Crippen molar-refractivity contribution >= 4 is 9.58 Å². The average Bonchev–Trinajstić information content (AvgIpc) is 3.49. The summed E-state index contributed by atoms with van der Waals surface area (Å²) in [5.41, 5.74) is 2.22. The molecular formula is C25H17ClF4IrN5. The summed E-state index contributed by atoms with van der Waals surface area (Å²) < 4.78 is 56.2. The fraction of sp³-hybridized carbons (Fsp3) is 0.0800. The molecule has 0 aliphatic carbocycles. The number of pyridine rings is 1. The fourth-order valence-corrected chi connectivity index (χ4v) is 3.04. The van der Waals surface area contributed by atoms with Gasteiger partial charge in [-0.3, -0.25) is 26.9 Å². The molecule has 0 aliphatic rings. The Morgan fingerprint density at radius 2 is 1.39 bits per heavy atom. The van der Waals surface area contributed by atoms with E-state index in [4.69, 9.17) is 0 Å². The van der Waals surface area contributed by atoms with Gasteiger partial charge in [-0.05, 0) is 49.1 Å². The maximum absolute atomic E-state index is 13.9. The molecule has 5 aromatic rings. The molecule has 0 aliphatic heterocycles. The zero-order valence-corrected chi connectivity index (χ0v) is 22.0. The Balaban J connectivity index is 0.000000198. The van der Waals surface area contributed by atoms with Crippen LogP contribution in [-0.4, -0.2) is 24.5 Å². The van der Waals surface area contributed by atoms with E-state index in [0.717, 1.165) is 29.6 Å². The second-order valence-electron chi connectivity index (χ2n) is 7.22. The van der Waals surface area contributed by atoms with E-state index < -0.39 is 23.3 Å². The summed E-state index contributed by atoms with van der Waals surface area (Å²) in [6.07, 6.45) is 4.74. The molecule has 0 bridgehead atoms. The molecule has 0 saturated carbocycles. The van der Waals surface area contributed by atoms with Gasteiger partial charge in [0, 0.05) is 41.9 Å². The van der Waals surface area contributed by atoms with E-state index in [1.807, 2.05) is 0 Å². The van der Waals surface area contributed by atoms with E-state index in [0.29, 0.717) is 5.69 Å². The summed E-state index contributed by atoms with van der Waals surface area (Å²) >= 11 is 1.47. The number of nitrogens with zero attached hydrogens (tertiary/aromatic N) is 5. The molecule has 0 radical (unpaired) electrons. The molecular weight excluding hydrogens is 674 g/mol. The van der Waals surface area contributed by atoms with Gasteiger partial charge in [0.1, 0.15) is 0 Å². The van der Waals surface area contributed by atoms with Gasteiger partial charge in [0.15, 0.2) is 0 Å². The number of hydrogen-bond donors (Lipinski definition) is 0. The first kappa shape index (κ1) is 27.3. The predicted octanol–water partition coefficient (Wildman–Crippen LogP) is 6.27. The molecule has 2 aromatic carbocycles. The van der Waals surface area contributed by atoms with Gasteiger partial charge < -0.3 is 4.98 Å². The summed E-state index contributed by atoms with van der Waals surface area (Å²) in [7, 11) is 4.64. The van der Waals surface area contributed by atoms with Gasteiger partial charge in [-0.15, -0.1) is 18.2 Å². The molecule has 11 heteroatoms. The van der Waals surface area contributed by atoms with Crippen LogP contribution in [0.1, 0.15) is 11.4 Å². The molecule has 5 rings (SSSR count). The fourth-order valence-electron chi connectivity index (χ4n) is 3.04. The van der Waals surface area contributed by atoms with Crippen molar-refractivity contribution in [1.82, 2.24) is 24.5 Å². The third-order valence-corrected chi connectivity index (χ3v) is 4.62. The predicted molar refractivity (Wildman–Crippen MR) is 123 cm³/mol.